The average molecular weight is 594 g/mol. The molecule has 2 aliphatic heterocycles. The van der Waals surface area contributed by atoms with Crippen molar-refractivity contribution in [3.05, 3.63) is 82.3 Å². The summed E-state index contributed by atoms with van der Waals surface area (Å²) >= 11 is 0. The van der Waals surface area contributed by atoms with E-state index in [1.54, 1.807) is 6.92 Å². The predicted molar refractivity (Wildman–Crippen MR) is 144 cm³/mol. The fraction of sp³-hybridized carbons (Fsp3) is 0.379. The second-order valence-corrected chi connectivity index (χ2v) is 10.1. The molecule has 1 aromatic heterocycles. The first kappa shape index (κ1) is 30.8. The van der Waals surface area contributed by atoms with Gasteiger partial charge in [-0.25, -0.2) is 4.98 Å². The Hall–Kier alpha value is -4.10. The zero-order chi connectivity index (χ0) is 30.9. The number of aliphatic hydroxyl groups excluding tert-OH is 1. The molecule has 2 unspecified atom stereocenters. The van der Waals surface area contributed by atoms with Crippen molar-refractivity contribution in [1.29, 1.82) is 0 Å². The number of carbonyl (C=O) groups excluding carboxylic acids is 1. The number of methoxy groups -OCH3 is 1. The lowest BCUT2D eigenvalue weighted by Crippen LogP contribution is -2.56. The van der Waals surface area contributed by atoms with Gasteiger partial charge in [-0.1, -0.05) is 6.08 Å². The van der Waals surface area contributed by atoms with E-state index in [4.69, 9.17) is 29.8 Å². The number of benzene rings is 1. The number of nitrogens with one attached hydrogen (secondary N) is 1. The highest BCUT2D eigenvalue weighted by molar-refractivity contribution is 5.95. The van der Waals surface area contributed by atoms with E-state index in [-0.39, 0.29) is 70.7 Å². The molecule has 13 heteroatoms. The number of ether oxygens (including phenoxy) is 4. The quantitative estimate of drug-likeness (QED) is 0.310. The van der Waals surface area contributed by atoms with Crippen molar-refractivity contribution in [3.63, 3.8) is 0 Å². The first-order valence-electron chi connectivity index (χ1n) is 12.9. The Bertz CT molecular complexity index is 1470. The Kier molecular flexibility index (Phi) is 8.55. The van der Waals surface area contributed by atoms with Crippen LogP contribution in [0.2, 0.25) is 0 Å². The first-order chi connectivity index (χ1) is 19.7. The molecular formula is C29H31F4N3O6. The molecule has 4 N–H and O–H groups in total. The molecule has 0 bridgehead atoms. The number of hydrogen-bond acceptors (Lipinski definition) is 8. The molecule has 42 heavy (non-hydrogen) atoms. The monoisotopic (exact) mass is 593 g/mol. The standard InChI is InChI=1S/C29H31F4N3O6/c1-16-11-20-25(41-15-27(20,3)34)24(18-7-8-35-23(30)13-18)17(2)42-28(16,29(31,32)33)14-36-26(38)19-5-6-21(40-10-9-37)22(12-19)39-4/h5-8,11-13,37H,9-10,14-15,34H2,1-4H3,(H,36,38)/b16-11+,24-17?. The molecule has 4 rings (SSSR count). The maximum atomic E-state index is 15.1. The molecule has 0 saturated carbocycles. The minimum absolute atomic E-state index is 0.00284. The van der Waals surface area contributed by atoms with E-state index in [9.17, 15) is 9.18 Å². The van der Waals surface area contributed by atoms with Gasteiger partial charge in [0.25, 0.3) is 5.91 Å². The number of rotatable bonds is 8. The van der Waals surface area contributed by atoms with E-state index in [2.05, 4.69) is 10.3 Å². The number of amides is 1. The van der Waals surface area contributed by atoms with Gasteiger partial charge >= 0.3 is 6.18 Å². The molecule has 0 saturated heterocycles. The van der Waals surface area contributed by atoms with Gasteiger partial charge in [0, 0.05) is 23.4 Å². The summed E-state index contributed by atoms with van der Waals surface area (Å²) < 4.78 is 81.4. The van der Waals surface area contributed by atoms with Crippen LogP contribution in [0.15, 0.2) is 65.3 Å². The van der Waals surface area contributed by atoms with Crippen LogP contribution >= 0.6 is 0 Å². The summed E-state index contributed by atoms with van der Waals surface area (Å²) in [6, 6.07) is 6.53. The van der Waals surface area contributed by atoms with Gasteiger partial charge in [-0.05, 0) is 56.2 Å². The molecule has 226 valence electrons. The van der Waals surface area contributed by atoms with Crippen LogP contribution in [0.1, 0.15) is 36.7 Å². The molecule has 0 aliphatic carbocycles. The SMILES string of the molecule is COc1cc(C(=O)NCC2(C(F)(F)F)OC(C)=C(c3ccnc(F)c3)C3=C(/C=C/2C)C(C)(N)CO3)ccc1OCCO. The third kappa shape index (κ3) is 5.79. The number of aromatic nitrogens is 1. The Morgan fingerprint density at radius 2 is 1.95 bits per heavy atom. The Balaban J connectivity index is 1.78. The minimum Gasteiger partial charge on any atom is -0.493 e. The van der Waals surface area contributed by atoms with Gasteiger partial charge in [-0.2, -0.15) is 17.6 Å². The van der Waals surface area contributed by atoms with Crippen LogP contribution in [0, 0.1) is 5.95 Å². The number of pyridine rings is 1. The highest BCUT2D eigenvalue weighted by Crippen LogP contribution is 2.47. The minimum atomic E-state index is -5.03. The summed E-state index contributed by atoms with van der Waals surface area (Å²) in [4.78, 5) is 16.6. The fourth-order valence-corrected chi connectivity index (χ4v) is 4.80. The van der Waals surface area contributed by atoms with Gasteiger partial charge in [-0.15, -0.1) is 0 Å². The molecule has 2 atom stereocenters. The predicted octanol–water partition coefficient (Wildman–Crippen LogP) is 4.04. The van der Waals surface area contributed by atoms with Crippen LogP contribution in [-0.4, -0.2) is 66.8 Å². The van der Waals surface area contributed by atoms with Gasteiger partial charge < -0.3 is 35.1 Å². The topological polar surface area (TPSA) is 125 Å². The molecule has 1 aromatic carbocycles. The normalized spacial score (nSPS) is 23.6. The summed E-state index contributed by atoms with van der Waals surface area (Å²) in [6.45, 7) is 2.83. The third-order valence-electron chi connectivity index (χ3n) is 7.03. The van der Waals surface area contributed by atoms with Crippen LogP contribution in [0.4, 0.5) is 17.6 Å². The molecule has 2 aliphatic rings. The number of hydrogen-bond donors (Lipinski definition) is 3. The first-order valence-corrected chi connectivity index (χ1v) is 12.9. The van der Waals surface area contributed by atoms with Crippen molar-refractivity contribution >= 4 is 11.5 Å². The molecule has 3 heterocycles. The second kappa shape index (κ2) is 11.6. The van der Waals surface area contributed by atoms with Crippen LogP contribution in [0.3, 0.4) is 0 Å². The number of carbonyl (C=O) groups is 1. The van der Waals surface area contributed by atoms with E-state index in [0.29, 0.717) is 0 Å². The van der Waals surface area contributed by atoms with Crippen molar-refractivity contribution < 1.29 is 46.4 Å². The lowest BCUT2D eigenvalue weighted by molar-refractivity contribution is -0.247. The van der Waals surface area contributed by atoms with Crippen molar-refractivity contribution in [2.24, 2.45) is 5.73 Å². The average Bonchev–Trinajstić information content (AvgIpc) is 3.21. The molecular weight excluding hydrogens is 562 g/mol. The lowest BCUT2D eigenvalue weighted by atomic mass is 9.84. The second-order valence-electron chi connectivity index (χ2n) is 10.1. The highest BCUT2D eigenvalue weighted by Gasteiger charge is 2.60. The van der Waals surface area contributed by atoms with E-state index < -0.39 is 35.7 Å². The van der Waals surface area contributed by atoms with Gasteiger partial charge in [0.05, 0.1) is 31.4 Å². The summed E-state index contributed by atoms with van der Waals surface area (Å²) in [7, 11) is 1.33. The highest BCUT2D eigenvalue weighted by atomic mass is 19.4. The number of alkyl halides is 3. The van der Waals surface area contributed by atoms with E-state index in [1.165, 1.54) is 57.5 Å². The summed E-state index contributed by atoms with van der Waals surface area (Å²) in [5.74, 6) is -1.36. The summed E-state index contributed by atoms with van der Waals surface area (Å²) in [5, 5.41) is 11.3. The van der Waals surface area contributed by atoms with E-state index >= 15 is 13.2 Å². The van der Waals surface area contributed by atoms with Crippen LogP contribution in [0.5, 0.6) is 11.5 Å². The number of nitrogens with zero attached hydrogens (tertiary/aromatic N) is 1. The van der Waals surface area contributed by atoms with Crippen molar-refractivity contribution in [3.8, 4) is 11.5 Å². The molecule has 9 nitrogen and oxygen atoms in total. The van der Waals surface area contributed by atoms with Gasteiger partial charge in [0.1, 0.15) is 24.7 Å². The van der Waals surface area contributed by atoms with E-state index in [0.717, 1.165) is 6.07 Å². The van der Waals surface area contributed by atoms with Crippen molar-refractivity contribution in [2.75, 3.05) is 33.5 Å². The number of aliphatic hydroxyl groups is 1. The molecule has 0 spiro atoms. The summed E-state index contributed by atoms with van der Waals surface area (Å²) in [6.07, 6.45) is -2.60. The maximum absolute atomic E-state index is 15.1. The molecule has 1 amide bonds. The molecule has 0 fully saturated rings. The van der Waals surface area contributed by atoms with Crippen LogP contribution in [-0.2, 0) is 9.47 Å². The lowest BCUT2D eigenvalue weighted by Gasteiger charge is -2.39. The summed E-state index contributed by atoms with van der Waals surface area (Å²) in [5.41, 5.74) is 2.45. The smallest absolute Gasteiger partial charge is 0.434 e. The van der Waals surface area contributed by atoms with Crippen LogP contribution in [0.25, 0.3) is 5.57 Å². The Labute approximate surface area is 239 Å². The third-order valence-corrected chi connectivity index (χ3v) is 7.03. The zero-order valence-electron chi connectivity index (χ0n) is 23.4. The maximum Gasteiger partial charge on any atom is 0.434 e. The van der Waals surface area contributed by atoms with Gasteiger partial charge in [0.15, 0.2) is 11.5 Å². The van der Waals surface area contributed by atoms with Crippen LogP contribution < -0.4 is 20.5 Å². The fourth-order valence-electron chi connectivity index (χ4n) is 4.80. The molecule has 2 aromatic rings. The Morgan fingerprint density at radius 3 is 2.60 bits per heavy atom. The van der Waals surface area contributed by atoms with Gasteiger partial charge in [-0.3, -0.25) is 4.79 Å². The Morgan fingerprint density at radius 1 is 1.21 bits per heavy atom. The zero-order valence-corrected chi connectivity index (χ0v) is 23.4. The van der Waals surface area contributed by atoms with Crippen molar-refractivity contribution in [2.45, 2.75) is 38.1 Å². The number of halogens is 4. The van der Waals surface area contributed by atoms with Gasteiger partial charge in [0.2, 0.25) is 11.5 Å². The van der Waals surface area contributed by atoms with E-state index in [1.807, 2.05) is 0 Å². The molecule has 0 radical (unpaired) electrons. The number of allylic oxidation sites excluding steroid dienone is 2. The number of nitrogens with two attached hydrogens (primary N) is 1. The largest absolute Gasteiger partial charge is 0.493 e. The van der Waals surface area contributed by atoms with Crippen molar-refractivity contribution in [1.82, 2.24) is 10.3 Å².